The van der Waals surface area contributed by atoms with E-state index < -0.39 is 13.4 Å². The fraction of sp³-hybridized carbons (Fsp3) is 0.667. The van der Waals surface area contributed by atoms with E-state index in [0.717, 1.165) is 12.8 Å². The monoisotopic (exact) mass is 411 g/mol. The van der Waals surface area contributed by atoms with E-state index in [0.29, 0.717) is 12.3 Å². The third-order valence-electron chi connectivity index (χ3n) is 5.17. The molecule has 1 aliphatic heterocycles. The number of aryl methyl sites for hydroxylation is 2. The van der Waals surface area contributed by atoms with E-state index in [4.69, 9.17) is 19.0 Å². The highest BCUT2D eigenvalue weighted by molar-refractivity contribution is 7.46. The average Bonchev–Trinajstić information content (AvgIpc) is 3.03. The van der Waals surface area contributed by atoms with Crippen molar-refractivity contribution >= 4 is 13.7 Å². The molecule has 28 heavy (non-hydrogen) atoms. The van der Waals surface area contributed by atoms with E-state index in [1.54, 1.807) is 6.92 Å². The summed E-state index contributed by atoms with van der Waals surface area (Å²) in [5, 5.41) is 0. The van der Waals surface area contributed by atoms with Gasteiger partial charge in [0.15, 0.2) is 5.90 Å². The van der Waals surface area contributed by atoms with Crippen LogP contribution in [0.1, 0.15) is 69.9 Å². The fourth-order valence-electron chi connectivity index (χ4n) is 3.47. The molecule has 0 bridgehead atoms. The number of phosphoric ester groups is 1. The van der Waals surface area contributed by atoms with Crippen LogP contribution < -0.4 is 0 Å². The lowest BCUT2D eigenvalue weighted by molar-refractivity contribution is 0.127. The molecule has 1 aromatic rings. The lowest BCUT2D eigenvalue weighted by atomic mass is 9.93. The average molecular weight is 411 g/mol. The molecule has 0 aromatic heterocycles. The Labute approximate surface area is 168 Å². The summed E-state index contributed by atoms with van der Waals surface area (Å²) in [6.07, 6.45) is 10.3. The van der Waals surface area contributed by atoms with E-state index in [9.17, 15) is 4.57 Å². The van der Waals surface area contributed by atoms with Crippen LogP contribution in [0.3, 0.4) is 0 Å². The van der Waals surface area contributed by atoms with Crippen LogP contribution in [0.2, 0.25) is 0 Å². The summed E-state index contributed by atoms with van der Waals surface area (Å²) < 4.78 is 21.2. The SMILES string of the molecule is CCCCCCCCc1ccc(CC[C@]2(COP(=O)(O)O)COC(C)=N2)cc1. The zero-order valence-corrected chi connectivity index (χ0v) is 18.0. The van der Waals surface area contributed by atoms with Crippen molar-refractivity contribution < 1.29 is 23.6 Å². The number of aliphatic imine (C=N–C) groups is 1. The van der Waals surface area contributed by atoms with Crippen LogP contribution in [0.25, 0.3) is 0 Å². The van der Waals surface area contributed by atoms with E-state index >= 15 is 0 Å². The third kappa shape index (κ3) is 8.44. The topological polar surface area (TPSA) is 88.4 Å². The van der Waals surface area contributed by atoms with E-state index in [-0.39, 0.29) is 13.2 Å². The number of ether oxygens (including phenoxy) is 1. The Morgan fingerprint density at radius 2 is 1.68 bits per heavy atom. The van der Waals surface area contributed by atoms with Crippen LogP contribution >= 0.6 is 7.82 Å². The molecular formula is C21H34NO5P. The molecule has 1 aliphatic rings. The van der Waals surface area contributed by atoms with Crippen molar-refractivity contribution in [2.75, 3.05) is 13.2 Å². The third-order valence-corrected chi connectivity index (χ3v) is 5.63. The van der Waals surface area contributed by atoms with Gasteiger partial charge in [-0.15, -0.1) is 0 Å². The normalized spacial score (nSPS) is 19.5. The molecule has 0 radical (unpaired) electrons. The van der Waals surface area contributed by atoms with Gasteiger partial charge in [0.2, 0.25) is 0 Å². The molecule has 7 heteroatoms. The summed E-state index contributed by atoms with van der Waals surface area (Å²) >= 11 is 0. The second kappa shape index (κ2) is 11.1. The van der Waals surface area contributed by atoms with Gasteiger partial charge in [-0.3, -0.25) is 4.52 Å². The number of hydrogen-bond acceptors (Lipinski definition) is 4. The minimum Gasteiger partial charge on any atom is -0.479 e. The van der Waals surface area contributed by atoms with Gasteiger partial charge in [-0.2, -0.15) is 0 Å². The van der Waals surface area contributed by atoms with E-state index in [1.165, 1.54) is 49.7 Å². The minimum absolute atomic E-state index is 0.148. The molecule has 1 atom stereocenters. The number of unbranched alkanes of at least 4 members (excludes halogenated alkanes) is 5. The molecule has 2 rings (SSSR count). The van der Waals surface area contributed by atoms with Crippen molar-refractivity contribution in [3.05, 3.63) is 35.4 Å². The first-order chi connectivity index (χ1) is 13.3. The Balaban J connectivity index is 1.81. The lowest BCUT2D eigenvalue weighted by Gasteiger charge is -2.24. The number of hydrogen-bond donors (Lipinski definition) is 2. The van der Waals surface area contributed by atoms with Crippen molar-refractivity contribution in [1.82, 2.24) is 0 Å². The maximum absolute atomic E-state index is 11.1. The fourth-order valence-corrected chi connectivity index (χ4v) is 3.88. The van der Waals surface area contributed by atoms with Gasteiger partial charge in [0, 0.05) is 6.92 Å². The molecule has 158 valence electrons. The van der Waals surface area contributed by atoms with Gasteiger partial charge < -0.3 is 14.5 Å². The molecule has 0 unspecified atom stereocenters. The first-order valence-corrected chi connectivity index (χ1v) is 11.8. The van der Waals surface area contributed by atoms with Crippen molar-refractivity contribution in [1.29, 1.82) is 0 Å². The highest BCUT2D eigenvalue weighted by Gasteiger charge is 2.37. The molecule has 0 aliphatic carbocycles. The molecule has 0 amide bonds. The Morgan fingerprint density at radius 1 is 1.07 bits per heavy atom. The summed E-state index contributed by atoms with van der Waals surface area (Å²) in [6.45, 7) is 4.12. The van der Waals surface area contributed by atoms with Crippen LogP contribution in [-0.4, -0.2) is 34.4 Å². The van der Waals surface area contributed by atoms with Crippen LogP contribution in [0, 0.1) is 0 Å². The predicted molar refractivity (Wildman–Crippen MR) is 112 cm³/mol. The Bertz CT molecular complexity index is 670. The zero-order valence-electron chi connectivity index (χ0n) is 17.1. The first kappa shape index (κ1) is 23.1. The molecule has 6 nitrogen and oxygen atoms in total. The van der Waals surface area contributed by atoms with Crippen molar-refractivity contribution in [3.8, 4) is 0 Å². The van der Waals surface area contributed by atoms with Gasteiger partial charge in [-0.05, 0) is 36.8 Å². The Morgan fingerprint density at radius 3 is 2.25 bits per heavy atom. The maximum atomic E-state index is 11.1. The van der Waals surface area contributed by atoms with Gasteiger partial charge in [-0.25, -0.2) is 9.56 Å². The van der Waals surface area contributed by atoms with Crippen LogP contribution in [0.4, 0.5) is 0 Å². The van der Waals surface area contributed by atoms with Crippen LogP contribution in [-0.2, 0) is 26.7 Å². The van der Waals surface area contributed by atoms with Gasteiger partial charge in [0.05, 0.1) is 6.61 Å². The lowest BCUT2D eigenvalue weighted by Crippen LogP contribution is -2.34. The number of rotatable bonds is 13. The summed E-state index contributed by atoms with van der Waals surface area (Å²) in [5.41, 5.74) is 1.81. The standard InChI is InChI=1S/C21H34NO5P/c1-3-4-5-6-7-8-9-19-10-12-20(13-11-19)14-15-21(16-26-18(2)22-21)17-27-28(23,24)25/h10-13H,3-9,14-17H2,1-2H3,(H2,23,24,25)/t21-/m1/s1. The molecule has 0 saturated heterocycles. The molecule has 2 N–H and O–H groups in total. The summed E-state index contributed by atoms with van der Waals surface area (Å²) in [4.78, 5) is 22.5. The van der Waals surface area contributed by atoms with Gasteiger partial charge >= 0.3 is 7.82 Å². The smallest absolute Gasteiger partial charge is 0.469 e. The van der Waals surface area contributed by atoms with Gasteiger partial charge in [-0.1, -0.05) is 63.3 Å². The molecule has 0 fully saturated rings. The van der Waals surface area contributed by atoms with E-state index in [1.807, 2.05) is 0 Å². The number of nitrogens with zero attached hydrogens (tertiary/aromatic N) is 1. The summed E-state index contributed by atoms with van der Waals surface area (Å²) in [5.74, 6) is 0.531. The summed E-state index contributed by atoms with van der Waals surface area (Å²) in [7, 11) is -4.53. The Kier molecular flexibility index (Phi) is 9.16. The summed E-state index contributed by atoms with van der Waals surface area (Å²) in [6, 6.07) is 8.63. The largest absolute Gasteiger partial charge is 0.479 e. The second-order valence-electron chi connectivity index (χ2n) is 7.74. The molecule has 0 saturated carbocycles. The minimum atomic E-state index is -4.53. The zero-order chi connectivity index (χ0) is 20.5. The highest BCUT2D eigenvalue weighted by Crippen LogP contribution is 2.39. The van der Waals surface area contributed by atoms with Crippen molar-refractivity contribution in [2.24, 2.45) is 4.99 Å². The van der Waals surface area contributed by atoms with E-state index in [2.05, 4.69) is 36.2 Å². The molecular weight excluding hydrogens is 377 g/mol. The Hall–Kier alpha value is -1.20. The van der Waals surface area contributed by atoms with Crippen LogP contribution in [0.5, 0.6) is 0 Å². The van der Waals surface area contributed by atoms with Crippen LogP contribution in [0.15, 0.2) is 29.3 Å². The van der Waals surface area contributed by atoms with Gasteiger partial charge in [0.25, 0.3) is 0 Å². The molecule has 0 spiro atoms. The van der Waals surface area contributed by atoms with Crippen molar-refractivity contribution in [3.63, 3.8) is 0 Å². The number of phosphoric acid groups is 1. The molecule has 1 heterocycles. The second-order valence-corrected chi connectivity index (χ2v) is 8.98. The highest BCUT2D eigenvalue weighted by atomic mass is 31.2. The first-order valence-electron chi connectivity index (χ1n) is 10.3. The van der Waals surface area contributed by atoms with Crippen molar-refractivity contribution in [2.45, 2.75) is 77.2 Å². The molecule has 1 aromatic carbocycles. The predicted octanol–water partition coefficient (Wildman–Crippen LogP) is 4.82. The maximum Gasteiger partial charge on any atom is 0.469 e. The quantitative estimate of drug-likeness (QED) is 0.359. The van der Waals surface area contributed by atoms with Gasteiger partial charge in [0.1, 0.15) is 12.1 Å². The number of benzene rings is 1.